The van der Waals surface area contributed by atoms with E-state index in [9.17, 15) is 0 Å². The van der Waals surface area contributed by atoms with Gasteiger partial charge in [-0.3, -0.25) is 0 Å². The maximum atomic E-state index is 5.88. The van der Waals surface area contributed by atoms with Crippen molar-refractivity contribution in [3.63, 3.8) is 0 Å². The summed E-state index contributed by atoms with van der Waals surface area (Å²) in [4.78, 5) is 0. The molecule has 0 aliphatic heterocycles. The van der Waals surface area contributed by atoms with Crippen LogP contribution < -0.4 is 10.1 Å². The second kappa shape index (κ2) is 7.34. The molecule has 22 heavy (non-hydrogen) atoms. The minimum Gasteiger partial charge on any atom is -0.489 e. The summed E-state index contributed by atoms with van der Waals surface area (Å²) < 4.78 is 8.10. The molecule has 0 radical (unpaired) electrons. The highest BCUT2D eigenvalue weighted by Gasteiger charge is 2.06. The summed E-state index contributed by atoms with van der Waals surface area (Å²) in [5.41, 5.74) is 3.68. The minimum absolute atomic E-state index is 0. The summed E-state index contributed by atoms with van der Waals surface area (Å²) in [6, 6.07) is 18.7. The molecular weight excluding hydrogens is 296 g/mol. The van der Waals surface area contributed by atoms with Crippen molar-refractivity contribution in [2.75, 3.05) is 7.05 Å². The first-order chi connectivity index (χ1) is 10.3. The SMILES string of the molecule is CNCc1cc2cc(OCc3ccccc3)ccc2n1C.Cl. The molecule has 1 N–H and O–H groups in total. The molecule has 1 aromatic heterocycles. The molecule has 0 unspecified atom stereocenters. The van der Waals surface area contributed by atoms with E-state index in [-0.39, 0.29) is 12.4 Å². The molecule has 0 atom stereocenters. The van der Waals surface area contributed by atoms with Gasteiger partial charge in [0.15, 0.2) is 0 Å². The van der Waals surface area contributed by atoms with Gasteiger partial charge in [0.25, 0.3) is 0 Å². The second-order valence-corrected chi connectivity index (χ2v) is 5.22. The zero-order valence-electron chi connectivity index (χ0n) is 12.9. The fourth-order valence-electron chi connectivity index (χ4n) is 2.57. The molecule has 3 rings (SSSR count). The van der Waals surface area contributed by atoms with E-state index in [2.05, 4.69) is 47.3 Å². The number of aryl methyl sites for hydroxylation is 1. The molecule has 0 amide bonds. The lowest BCUT2D eigenvalue weighted by Gasteiger charge is -2.07. The standard InChI is InChI=1S/C18H20N2O.ClH/c1-19-12-16-10-15-11-17(8-9-18(15)20(16)2)21-13-14-6-4-3-5-7-14;/h3-11,19H,12-13H2,1-2H3;1H. The predicted octanol–water partition coefficient (Wildman–Crippen LogP) is 3.90. The molecule has 0 bridgehead atoms. The van der Waals surface area contributed by atoms with Crippen LogP contribution in [0, 0.1) is 0 Å². The number of ether oxygens (including phenoxy) is 1. The summed E-state index contributed by atoms with van der Waals surface area (Å²) in [6.07, 6.45) is 0. The van der Waals surface area contributed by atoms with E-state index in [1.165, 1.54) is 22.2 Å². The van der Waals surface area contributed by atoms with Gasteiger partial charge in [-0.1, -0.05) is 30.3 Å². The van der Waals surface area contributed by atoms with Crippen molar-refractivity contribution in [3.05, 3.63) is 65.9 Å². The number of hydrogen-bond donors (Lipinski definition) is 1. The summed E-state index contributed by atoms with van der Waals surface area (Å²) in [6.45, 7) is 1.47. The van der Waals surface area contributed by atoms with Crippen molar-refractivity contribution in [2.24, 2.45) is 7.05 Å². The largest absolute Gasteiger partial charge is 0.489 e. The fraction of sp³-hybridized carbons (Fsp3) is 0.222. The Kier molecular flexibility index (Phi) is 5.47. The van der Waals surface area contributed by atoms with Crippen molar-refractivity contribution >= 4 is 23.3 Å². The third kappa shape index (κ3) is 3.43. The van der Waals surface area contributed by atoms with E-state index in [1.54, 1.807) is 0 Å². The Hall–Kier alpha value is -1.97. The van der Waals surface area contributed by atoms with Crippen LogP contribution in [0.25, 0.3) is 10.9 Å². The number of fused-ring (bicyclic) bond motifs is 1. The number of halogens is 1. The summed E-state index contributed by atoms with van der Waals surface area (Å²) in [7, 11) is 4.06. The highest BCUT2D eigenvalue weighted by molar-refractivity contribution is 5.85. The van der Waals surface area contributed by atoms with E-state index in [4.69, 9.17) is 4.74 Å². The third-order valence-corrected chi connectivity index (χ3v) is 3.72. The predicted molar refractivity (Wildman–Crippen MR) is 93.7 cm³/mol. The summed E-state index contributed by atoms with van der Waals surface area (Å²) >= 11 is 0. The average molecular weight is 317 g/mol. The van der Waals surface area contributed by atoms with Gasteiger partial charge >= 0.3 is 0 Å². The zero-order valence-corrected chi connectivity index (χ0v) is 13.7. The Morgan fingerprint density at radius 1 is 1.05 bits per heavy atom. The van der Waals surface area contributed by atoms with Gasteiger partial charge in [0, 0.05) is 30.2 Å². The van der Waals surface area contributed by atoms with Gasteiger partial charge in [-0.05, 0) is 36.9 Å². The Labute approximate surface area is 137 Å². The normalized spacial score (nSPS) is 10.5. The van der Waals surface area contributed by atoms with Crippen LogP contribution in [0.5, 0.6) is 5.75 Å². The maximum Gasteiger partial charge on any atom is 0.120 e. The van der Waals surface area contributed by atoms with Crippen molar-refractivity contribution in [2.45, 2.75) is 13.2 Å². The third-order valence-electron chi connectivity index (χ3n) is 3.72. The first-order valence-corrected chi connectivity index (χ1v) is 7.17. The summed E-state index contributed by atoms with van der Waals surface area (Å²) in [5, 5.41) is 4.41. The first-order valence-electron chi connectivity index (χ1n) is 7.17. The lowest BCUT2D eigenvalue weighted by molar-refractivity contribution is 0.306. The number of benzene rings is 2. The lowest BCUT2D eigenvalue weighted by Crippen LogP contribution is -2.08. The average Bonchev–Trinajstić information content (AvgIpc) is 2.83. The molecule has 116 valence electrons. The molecule has 0 saturated carbocycles. The van der Waals surface area contributed by atoms with Crippen LogP contribution in [-0.2, 0) is 20.2 Å². The minimum atomic E-state index is 0. The van der Waals surface area contributed by atoms with E-state index >= 15 is 0 Å². The molecule has 3 nitrogen and oxygen atoms in total. The van der Waals surface area contributed by atoms with Gasteiger partial charge in [-0.15, -0.1) is 12.4 Å². The Morgan fingerprint density at radius 3 is 2.55 bits per heavy atom. The van der Waals surface area contributed by atoms with Gasteiger partial charge in [0.2, 0.25) is 0 Å². The van der Waals surface area contributed by atoms with Gasteiger partial charge in [0.1, 0.15) is 12.4 Å². The molecule has 0 aliphatic rings. The van der Waals surface area contributed by atoms with E-state index < -0.39 is 0 Å². The van der Waals surface area contributed by atoms with E-state index in [1.807, 2.05) is 31.3 Å². The number of hydrogen-bond acceptors (Lipinski definition) is 2. The van der Waals surface area contributed by atoms with E-state index in [0.717, 1.165) is 12.3 Å². The Balaban J connectivity index is 0.00000176. The molecule has 1 heterocycles. The van der Waals surface area contributed by atoms with Crippen molar-refractivity contribution in [1.82, 2.24) is 9.88 Å². The molecule has 2 aromatic carbocycles. The molecule has 0 fully saturated rings. The molecule has 0 aliphatic carbocycles. The number of rotatable bonds is 5. The molecule has 3 aromatic rings. The van der Waals surface area contributed by atoms with Crippen LogP contribution in [0.15, 0.2) is 54.6 Å². The Bertz CT molecular complexity index is 737. The molecule has 0 spiro atoms. The zero-order chi connectivity index (χ0) is 14.7. The van der Waals surface area contributed by atoms with Crippen LogP contribution >= 0.6 is 12.4 Å². The number of aromatic nitrogens is 1. The van der Waals surface area contributed by atoms with Gasteiger partial charge in [0.05, 0.1) is 0 Å². The lowest BCUT2D eigenvalue weighted by atomic mass is 10.2. The molecule has 4 heteroatoms. The van der Waals surface area contributed by atoms with Gasteiger partial charge < -0.3 is 14.6 Å². The van der Waals surface area contributed by atoms with Crippen molar-refractivity contribution < 1.29 is 4.74 Å². The van der Waals surface area contributed by atoms with Crippen LogP contribution in [-0.4, -0.2) is 11.6 Å². The Morgan fingerprint density at radius 2 is 1.82 bits per heavy atom. The topological polar surface area (TPSA) is 26.2 Å². The first kappa shape index (κ1) is 16.4. The van der Waals surface area contributed by atoms with Crippen molar-refractivity contribution in [3.8, 4) is 5.75 Å². The maximum absolute atomic E-state index is 5.88. The number of nitrogens with zero attached hydrogens (tertiary/aromatic N) is 1. The summed E-state index contributed by atoms with van der Waals surface area (Å²) in [5.74, 6) is 0.910. The van der Waals surface area contributed by atoms with Gasteiger partial charge in [-0.2, -0.15) is 0 Å². The fourth-order valence-corrected chi connectivity index (χ4v) is 2.57. The van der Waals surface area contributed by atoms with Gasteiger partial charge in [-0.25, -0.2) is 0 Å². The highest BCUT2D eigenvalue weighted by Crippen LogP contribution is 2.24. The number of nitrogens with one attached hydrogen (secondary N) is 1. The monoisotopic (exact) mass is 316 g/mol. The van der Waals surface area contributed by atoms with E-state index in [0.29, 0.717) is 6.61 Å². The van der Waals surface area contributed by atoms with Crippen LogP contribution in [0.3, 0.4) is 0 Å². The van der Waals surface area contributed by atoms with Crippen LogP contribution in [0.4, 0.5) is 0 Å². The molecule has 0 saturated heterocycles. The van der Waals surface area contributed by atoms with Crippen LogP contribution in [0.2, 0.25) is 0 Å². The smallest absolute Gasteiger partial charge is 0.120 e. The van der Waals surface area contributed by atoms with Crippen LogP contribution in [0.1, 0.15) is 11.3 Å². The van der Waals surface area contributed by atoms with Crippen molar-refractivity contribution in [1.29, 1.82) is 0 Å². The molecular formula is C18H21ClN2O. The quantitative estimate of drug-likeness (QED) is 0.772. The second-order valence-electron chi connectivity index (χ2n) is 5.22. The highest BCUT2D eigenvalue weighted by atomic mass is 35.5.